The first kappa shape index (κ1) is 14.7. The molecule has 2 rings (SSSR count). The molecule has 9 heteroatoms. The molecular formula is C12H15N5O4. The highest BCUT2D eigenvalue weighted by molar-refractivity contribution is 5.81. The van der Waals surface area contributed by atoms with E-state index in [-0.39, 0.29) is 19.0 Å². The van der Waals surface area contributed by atoms with Gasteiger partial charge in [0.05, 0.1) is 12.9 Å². The van der Waals surface area contributed by atoms with E-state index >= 15 is 0 Å². The van der Waals surface area contributed by atoms with E-state index < -0.39 is 18.0 Å². The van der Waals surface area contributed by atoms with Crippen molar-refractivity contribution in [1.29, 1.82) is 0 Å². The highest BCUT2D eigenvalue weighted by atomic mass is 16.6. The standard InChI is InChI=1S/C12H15N5O4/c1-7(18)20-4-9(21-8(2)19)3-17-6-16-10-11(13)14-5-15-12(10)17/h5-6,9H,3-4H2,1-2H3,(H2,13,14,15)/t9-/m0/s1. The summed E-state index contributed by atoms with van der Waals surface area (Å²) in [6.07, 6.45) is 2.20. The van der Waals surface area contributed by atoms with Gasteiger partial charge in [-0.25, -0.2) is 15.0 Å². The van der Waals surface area contributed by atoms with E-state index in [0.29, 0.717) is 11.2 Å². The largest absolute Gasteiger partial charge is 0.462 e. The fourth-order valence-electron chi connectivity index (χ4n) is 1.82. The van der Waals surface area contributed by atoms with Crippen LogP contribution in [-0.4, -0.2) is 44.2 Å². The Kier molecular flexibility index (Phi) is 4.31. The van der Waals surface area contributed by atoms with Crippen molar-refractivity contribution in [3.63, 3.8) is 0 Å². The number of hydrogen-bond acceptors (Lipinski definition) is 8. The molecule has 0 saturated carbocycles. The number of aromatic nitrogens is 4. The van der Waals surface area contributed by atoms with E-state index in [0.717, 1.165) is 0 Å². The van der Waals surface area contributed by atoms with Crippen molar-refractivity contribution in [3.8, 4) is 0 Å². The fourth-order valence-corrected chi connectivity index (χ4v) is 1.82. The molecule has 2 aromatic heterocycles. The van der Waals surface area contributed by atoms with Gasteiger partial charge in [-0.15, -0.1) is 0 Å². The summed E-state index contributed by atoms with van der Waals surface area (Å²) in [5.41, 5.74) is 6.68. The van der Waals surface area contributed by atoms with Crippen molar-refractivity contribution in [3.05, 3.63) is 12.7 Å². The summed E-state index contributed by atoms with van der Waals surface area (Å²) in [4.78, 5) is 34.0. The van der Waals surface area contributed by atoms with E-state index in [4.69, 9.17) is 15.2 Å². The van der Waals surface area contributed by atoms with Gasteiger partial charge < -0.3 is 19.8 Å². The number of nitrogen functional groups attached to an aromatic ring is 1. The summed E-state index contributed by atoms with van der Waals surface area (Å²) >= 11 is 0. The topological polar surface area (TPSA) is 122 Å². The molecule has 0 saturated heterocycles. The summed E-state index contributed by atoms with van der Waals surface area (Å²) in [7, 11) is 0. The molecule has 0 spiro atoms. The second-order valence-electron chi connectivity index (χ2n) is 4.36. The number of hydrogen-bond donors (Lipinski definition) is 1. The van der Waals surface area contributed by atoms with Crippen LogP contribution in [-0.2, 0) is 25.6 Å². The Morgan fingerprint density at radius 2 is 2.05 bits per heavy atom. The molecule has 0 aromatic carbocycles. The zero-order valence-corrected chi connectivity index (χ0v) is 11.6. The smallest absolute Gasteiger partial charge is 0.303 e. The SMILES string of the molecule is CC(=O)OC[C@H](Cn1cnc2c(N)ncnc21)OC(C)=O. The number of imidazole rings is 1. The number of anilines is 1. The lowest BCUT2D eigenvalue weighted by atomic mass is 10.3. The third-order valence-corrected chi connectivity index (χ3v) is 2.63. The minimum absolute atomic E-state index is 0.0465. The van der Waals surface area contributed by atoms with Crippen LogP contribution in [0.15, 0.2) is 12.7 Å². The highest BCUT2D eigenvalue weighted by Gasteiger charge is 2.17. The Hall–Kier alpha value is -2.71. The van der Waals surface area contributed by atoms with Gasteiger partial charge >= 0.3 is 11.9 Å². The fraction of sp³-hybridized carbons (Fsp3) is 0.417. The number of ether oxygens (including phenoxy) is 2. The predicted molar refractivity (Wildman–Crippen MR) is 71.9 cm³/mol. The molecule has 9 nitrogen and oxygen atoms in total. The van der Waals surface area contributed by atoms with Crippen molar-refractivity contribution in [2.45, 2.75) is 26.5 Å². The molecule has 2 aromatic rings. The summed E-state index contributed by atoms with van der Waals surface area (Å²) in [6, 6.07) is 0. The lowest BCUT2D eigenvalue weighted by Crippen LogP contribution is -2.28. The third-order valence-electron chi connectivity index (χ3n) is 2.63. The zero-order chi connectivity index (χ0) is 15.4. The van der Waals surface area contributed by atoms with Crippen LogP contribution in [0.25, 0.3) is 11.2 Å². The van der Waals surface area contributed by atoms with Crippen LogP contribution >= 0.6 is 0 Å². The van der Waals surface area contributed by atoms with Crippen LogP contribution < -0.4 is 5.73 Å². The maximum atomic E-state index is 11.1. The Bertz CT molecular complexity index is 669. The molecule has 112 valence electrons. The average molecular weight is 293 g/mol. The maximum absolute atomic E-state index is 11.1. The van der Waals surface area contributed by atoms with Crippen molar-refractivity contribution in [2.24, 2.45) is 0 Å². The molecule has 0 aliphatic carbocycles. The Labute approximate surface area is 120 Å². The van der Waals surface area contributed by atoms with Crippen LogP contribution in [0.2, 0.25) is 0 Å². The van der Waals surface area contributed by atoms with Crippen LogP contribution in [0, 0.1) is 0 Å². The monoisotopic (exact) mass is 293 g/mol. The van der Waals surface area contributed by atoms with Crippen molar-refractivity contribution in [2.75, 3.05) is 12.3 Å². The molecule has 2 N–H and O–H groups in total. The molecule has 0 aliphatic rings. The van der Waals surface area contributed by atoms with Gasteiger partial charge in [-0.1, -0.05) is 0 Å². The van der Waals surface area contributed by atoms with E-state index in [2.05, 4.69) is 15.0 Å². The van der Waals surface area contributed by atoms with Gasteiger partial charge in [0.1, 0.15) is 18.5 Å². The average Bonchev–Trinajstić information content (AvgIpc) is 2.80. The zero-order valence-electron chi connectivity index (χ0n) is 11.6. The van der Waals surface area contributed by atoms with E-state index in [1.54, 1.807) is 4.57 Å². The van der Waals surface area contributed by atoms with Crippen molar-refractivity contribution in [1.82, 2.24) is 19.5 Å². The molecule has 0 bridgehead atoms. The predicted octanol–water partition coefficient (Wildman–Crippen LogP) is -0.0967. The molecule has 1 atom stereocenters. The van der Waals surface area contributed by atoms with Gasteiger partial charge in [0.2, 0.25) is 0 Å². The highest BCUT2D eigenvalue weighted by Crippen LogP contribution is 2.15. The van der Waals surface area contributed by atoms with Crippen molar-refractivity contribution >= 4 is 28.9 Å². The first-order chi connectivity index (χ1) is 9.97. The van der Waals surface area contributed by atoms with Crippen LogP contribution in [0.1, 0.15) is 13.8 Å². The quantitative estimate of drug-likeness (QED) is 0.758. The van der Waals surface area contributed by atoms with Crippen LogP contribution in [0.5, 0.6) is 0 Å². The normalized spacial score (nSPS) is 12.1. The van der Waals surface area contributed by atoms with Crippen molar-refractivity contribution < 1.29 is 19.1 Å². The molecule has 0 amide bonds. The number of carbonyl (C=O) groups is 2. The third kappa shape index (κ3) is 3.65. The maximum Gasteiger partial charge on any atom is 0.303 e. The number of nitrogens with two attached hydrogens (primary N) is 1. The lowest BCUT2D eigenvalue weighted by Gasteiger charge is -2.17. The number of rotatable bonds is 5. The molecular weight excluding hydrogens is 278 g/mol. The Balaban J connectivity index is 2.19. The summed E-state index contributed by atoms with van der Waals surface area (Å²) in [5.74, 6) is -0.650. The molecule has 0 radical (unpaired) electrons. The second-order valence-corrected chi connectivity index (χ2v) is 4.36. The molecule has 2 heterocycles. The molecule has 0 unspecified atom stereocenters. The van der Waals surface area contributed by atoms with Gasteiger partial charge in [0, 0.05) is 13.8 Å². The molecule has 21 heavy (non-hydrogen) atoms. The first-order valence-corrected chi connectivity index (χ1v) is 6.19. The summed E-state index contributed by atoms with van der Waals surface area (Å²) < 4.78 is 11.7. The summed E-state index contributed by atoms with van der Waals surface area (Å²) in [5, 5.41) is 0. The van der Waals surface area contributed by atoms with Crippen LogP contribution in [0.3, 0.4) is 0 Å². The summed E-state index contributed by atoms with van der Waals surface area (Å²) in [6.45, 7) is 2.76. The lowest BCUT2D eigenvalue weighted by molar-refractivity contribution is -0.157. The number of nitrogens with zero attached hydrogens (tertiary/aromatic N) is 4. The molecule has 0 aliphatic heterocycles. The second kappa shape index (κ2) is 6.16. The number of fused-ring (bicyclic) bond motifs is 1. The van der Waals surface area contributed by atoms with Crippen LogP contribution in [0.4, 0.5) is 5.82 Å². The minimum atomic E-state index is -0.639. The number of carbonyl (C=O) groups excluding carboxylic acids is 2. The number of esters is 2. The Morgan fingerprint density at radius 3 is 2.71 bits per heavy atom. The van der Waals surface area contributed by atoms with E-state index in [1.807, 2.05) is 0 Å². The first-order valence-electron chi connectivity index (χ1n) is 6.19. The minimum Gasteiger partial charge on any atom is -0.462 e. The van der Waals surface area contributed by atoms with Gasteiger partial charge in [0.25, 0.3) is 0 Å². The van der Waals surface area contributed by atoms with Gasteiger partial charge in [0.15, 0.2) is 17.6 Å². The van der Waals surface area contributed by atoms with Gasteiger partial charge in [-0.05, 0) is 0 Å². The molecule has 0 fully saturated rings. The Morgan fingerprint density at radius 1 is 1.29 bits per heavy atom. The van der Waals surface area contributed by atoms with E-state index in [9.17, 15) is 9.59 Å². The van der Waals surface area contributed by atoms with Gasteiger partial charge in [-0.2, -0.15) is 0 Å². The van der Waals surface area contributed by atoms with E-state index in [1.165, 1.54) is 26.5 Å². The van der Waals surface area contributed by atoms with Gasteiger partial charge in [-0.3, -0.25) is 9.59 Å².